The van der Waals surface area contributed by atoms with E-state index in [0.29, 0.717) is 10.8 Å². The summed E-state index contributed by atoms with van der Waals surface area (Å²) >= 11 is 5.53. The van der Waals surface area contributed by atoms with Crippen LogP contribution in [0.3, 0.4) is 0 Å². The van der Waals surface area contributed by atoms with E-state index in [2.05, 4.69) is 4.98 Å². The zero-order chi connectivity index (χ0) is 9.42. The van der Waals surface area contributed by atoms with Gasteiger partial charge in [-0.3, -0.25) is 4.79 Å². The molecule has 0 saturated carbocycles. The number of halogens is 2. The highest BCUT2D eigenvalue weighted by atomic mass is 35.5. The third kappa shape index (κ3) is 1.31. The summed E-state index contributed by atoms with van der Waals surface area (Å²) in [5.41, 5.74) is -0.264. The summed E-state index contributed by atoms with van der Waals surface area (Å²) in [5.74, 6) is -0.514. The van der Waals surface area contributed by atoms with Gasteiger partial charge in [-0.05, 0) is 23.6 Å². The summed E-state index contributed by atoms with van der Waals surface area (Å²) in [6.07, 6.45) is 1.47. The summed E-state index contributed by atoms with van der Waals surface area (Å²) in [4.78, 5) is 13.7. The summed E-state index contributed by atoms with van der Waals surface area (Å²) in [5, 5.41) is 0.906. The zero-order valence-electron chi connectivity index (χ0n) is 6.47. The Hall–Kier alpha value is -1.35. The van der Waals surface area contributed by atoms with Crippen molar-refractivity contribution in [3.63, 3.8) is 0 Å². The van der Waals surface area contributed by atoms with E-state index >= 15 is 0 Å². The Bertz CT molecular complexity index is 520. The number of pyridine rings is 1. The number of hydrogen-bond donors (Lipinski definition) is 1. The van der Waals surface area contributed by atoms with Gasteiger partial charge in [-0.15, -0.1) is 0 Å². The molecule has 1 N–H and O–H groups in total. The van der Waals surface area contributed by atoms with Crippen molar-refractivity contribution in [1.82, 2.24) is 4.98 Å². The van der Waals surface area contributed by atoms with E-state index in [-0.39, 0.29) is 10.6 Å². The highest BCUT2D eigenvalue weighted by molar-refractivity contribution is 6.31. The number of fused-ring (bicyclic) bond motifs is 1. The molecule has 2 rings (SSSR count). The second-order valence-electron chi connectivity index (χ2n) is 2.66. The highest BCUT2D eigenvalue weighted by Crippen LogP contribution is 2.19. The van der Waals surface area contributed by atoms with Crippen LogP contribution in [0.4, 0.5) is 4.39 Å². The molecule has 13 heavy (non-hydrogen) atoms. The Morgan fingerprint density at radius 2 is 2.15 bits per heavy atom. The van der Waals surface area contributed by atoms with Crippen LogP contribution in [0, 0.1) is 5.82 Å². The maximum atomic E-state index is 12.9. The van der Waals surface area contributed by atoms with Gasteiger partial charge in [0.15, 0.2) is 0 Å². The van der Waals surface area contributed by atoms with Gasteiger partial charge in [0.2, 0.25) is 0 Å². The molecule has 0 aliphatic rings. The van der Waals surface area contributed by atoms with Crippen molar-refractivity contribution in [2.24, 2.45) is 0 Å². The quantitative estimate of drug-likeness (QED) is 0.691. The summed E-state index contributed by atoms with van der Waals surface area (Å²) in [7, 11) is 0. The van der Waals surface area contributed by atoms with Crippen LogP contribution in [0.25, 0.3) is 10.8 Å². The molecule has 0 radical (unpaired) electrons. The lowest BCUT2D eigenvalue weighted by Crippen LogP contribution is -2.04. The van der Waals surface area contributed by atoms with Crippen LogP contribution >= 0.6 is 11.6 Å². The zero-order valence-corrected chi connectivity index (χ0v) is 7.23. The fourth-order valence-corrected chi connectivity index (χ4v) is 1.35. The molecule has 1 aromatic heterocycles. The van der Waals surface area contributed by atoms with Gasteiger partial charge < -0.3 is 4.98 Å². The molecule has 0 unspecified atom stereocenters. The number of aromatic nitrogens is 1. The fraction of sp³-hybridized carbons (Fsp3) is 0. The lowest BCUT2D eigenvalue weighted by atomic mass is 10.2. The highest BCUT2D eigenvalue weighted by Gasteiger charge is 2.03. The largest absolute Gasteiger partial charge is 0.329 e. The predicted molar refractivity (Wildman–Crippen MR) is 49.5 cm³/mol. The standard InChI is InChI=1S/C9H5ClFNO/c10-7-4-6-5(3-8(7)11)1-2-12-9(6)13/h1-4H,(H,12,13). The molecule has 1 heterocycles. The minimum atomic E-state index is -0.514. The maximum Gasteiger partial charge on any atom is 0.255 e. The first-order valence-corrected chi connectivity index (χ1v) is 4.03. The Kier molecular flexibility index (Phi) is 1.81. The summed E-state index contributed by atoms with van der Waals surface area (Å²) < 4.78 is 12.9. The molecule has 0 bridgehead atoms. The second kappa shape index (κ2) is 2.85. The molecule has 0 atom stereocenters. The monoisotopic (exact) mass is 197 g/mol. The van der Waals surface area contributed by atoms with Gasteiger partial charge in [0.1, 0.15) is 5.82 Å². The van der Waals surface area contributed by atoms with Crippen LogP contribution < -0.4 is 5.56 Å². The third-order valence-electron chi connectivity index (χ3n) is 1.81. The molecule has 0 spiro atoms. The molecule has 0 amide bonds. The second-order valence-corrected chi connectivity index (χ2v) is 3.07. The van der Waals surface area contributed by atoms with Crippen LogP contribution in [0.1, 0.15) is 0 Å². The van der Waals surface area contributed by atoms with E-state index in [4.69, 9.17) is 11.6 Å². The van der Waals surface area contributed by atoms with Crippen LogP contribution in [0.2, 0.25) is 5.02 Å². The van der Waals surface area contributed by atoms with E-state index in [1.54, 1.807) is 6.07 Å². The van der Waals surface area contributed by atoms with Gasteiger partial charge in [0.05, 0.1) is 5.02 Å². The SMILES string of the molecule is O=c1[nH]ccc2cc(F)c(Cl)cc12. The van der Waals surface area contributed by atoms with Crippen molar-refractivity contribution in [2.75, 3.05) is 0 Å². The average Bonchev–Trinajstić information content (AvgIpc) is 2.09. The van der Waals surface area contributed by atoms with Crippen molar-refractivity contribution in [3.8, 4) is 0 Å². The van der Waals surface area contributed by atoms with Gasteiger partial charge in [0, 0.05) is 11.6 Å². The molecule has 2 aromatic rings. The predicted octanol–water partition coefficient (Wildman–Crippen LogP) is 2.32. The Balaban J connectivity index is 2.97. The van der Waals surface area contributed by atoms with Crippen molar-refractivity contribution in [3.05, 3.63) is 45.6 Å². The van der Waals surface area contributed by atoms with E-state index in [1.807, 2.05) is 0 Å². The Morgan fingerprint density at radius 3 is 2.92 bits per heavy atom. The number of rotatable bonds is 0. The van der Waals surface area contributed by atoms with E-state index < -0.39 is 5.82 Å². The van der Waals surface area contributed by atoms with Crippen molar-refractivity contribution < 1.29 is 4.39 Å². The average molecular weight is 198 g/mol. The first-order valence-electron chi connectivity index (χ1n) is 3.65. The van der Waals surface area contributed by atoms with E-state index in [1.165, 1.54) is 18.3 Å². The van der Waals surface area contributed by atoms with E-state index in [9.17, 15) is 9.18 Å². The Morgan fingerprint density at radius 1 is 1.38 bits per heavy atom. The molecule has 0 aliphatic heterocycles. The van der Waals surface area contributed by atoms with Crippen LogP contribution in [0.15, 0.2) is 29.2 Å². The first-order chi connectivity index (χ1) is 6.18. The minimum absolute atomic E-state index is 0.0378. The molecule has 0 aliphatic carbocycles. The van der Waals surface area contributed by atoms with Crippen molar-refractivity contribution in [1.29, 1.82) is 0 Å². The topological polar surface area (TPSA) is 32.9 Å². The number of aromatic amines is 1. The molecular formula is C9H5ClFNO. The van der Waals surface area contributed by atoms with Gasteiger partial charge in [0.25, 0.3) is 5.56 Å². The van der Waals surface area contributed by atoms with Crippen LogP contribution in [-0.4, -0.2) is 4.98 Å². The van der Waals surface area contributed by atoms with Crippen molar-refractivity contribution in [2.45, 2.75) is 0 Å². The summed E-state index contributed by atoms with van der Waals surface area (Å²) in [6, 6.07) is 4.19. The first kappa shape index (κ1) is 8.26. The number of nitrogens with one attached hydrogen (secondary N) is 1. The minimum Gasteiger partial charge on any atom is -0.329 e. The number of H-pyrrole nitrogens is 1. The molecule has 0 saturated heterocycles. The molecule has 2 nitrogen and oxygen atoms in total. The molecule has 1 aromatic carbocycles. The fourth-order valence-electron chi connectivity index (χ4n) is 1.18. The number of hydrogen-bond acceptors (Lipinski definition) is 1. The van der Waals surface area contributed by atoms with Crippen LogP contribution in [0.5, 0.6) is 0 Å². The van der Waals surface area contributed by atoms with Gasteiger partial charge in [-0.1, -0.05) is 11.6 Å². The molecule has 0 fully saturated rings. The van der Waals surface area contributed by atoms with Gasteiger partial charge in [-0.25, -0.2) is 4.39 Å². The van der Waals surface area contributed by atoms with E-state index in [0.717, 1.165) is 0 Å². The van der Waals surface area contributed by atoms with Gasteiger partial charge in [-0.2, -0.15) is 0 Å². The normalized spacial score (nSPS) is 10.6. The smallest absolute Gasteiger partial charge is 0.255 e. The van der Waals surface area contributed by atoms with Gasteiger partial charge >= 0.3 is 0 Å². The Labute approximate surface area is 78.0 Å². The van der Waals surface area contributed by atoms with Crippen molar-refractivity contribution >= 4 is 22.4 Å². The molecule has 66 valence electrons. The third-order valence-corrected chi connectivity index (χ3v) is 2.10. The lowest BCUT2D eigenvalue weighted by Gasteiger charge is -1.97. The summed E-state index contributed by atoms with van der Waals surface area (Å²) in [6.45, 7) is 0. The van der Waals surface area contributed by atoms with Crippen LogP contribution in [-0.2, 0) is 0 Å². The number of benzene rings is 1. The lowest BCUT2D eigenvalue weighted by molar-refractivity contribution is 0.630. The molecular weight excluding hydrogens is 193 g/mol. The maximum absolute atomic E-state index is 12.9. The molecule has 4 heteroatoms.